The molecule has 110 valence electrons. The van der Waals surface area contributed by atoms with Crippen LogP contribution in [-0.4, -0.2) is 25.0 Å². The van der Waals surface area contributed by atoms with Gasteiger partial charge in [-0.1, -0.05) is 25.0 Å². The highest BCUT2D eigenvalue weighted by Crippen LogP contribution is 2.23. The molecule has 1 aromatic rings. The second kappa shape index (κ2) is 7.33. The normalized spacial score (nSPS) is 19.6. The lowest BCUT2D eigenvalue weighted by molar-refractivity contribution is -0.0501. The number of benzene rings is 1. The summed E-state index contributed by atoms with van der Waals surface area (Å²) in [4.78, 5) is 12.3. The standard InChI is InChI=1S/C15H19F2NO2/c16-15(17)20-14-8-4-3-7-12(14)13(19)10-11-6-2-1-5-9-18-11/h3-4,7-8,11,15,18H,1-2,5-6,9-10H2. The Balaban J connectivity index is 2.04. The molecule has 0 saturated carbocycles. The van der Waals surface area contributed by atoms with Gasteiger partial charge in [-0.2, -0.15) is 8.78 Å². The highest BCUT2D eigenvalue weighted by molar-refractivity contribution is 5.99. The Morgan fingerprint density at radius 1 is 1.30 bits per heavy atom. The van der Waals surface area contributed by atoms with Gasteiger partial charge in [-0.15, -0.1) is 0 Å². The first kappa shape index (κ1) is 14.9. The number of halogens is 2. The highest BCUT2D eigenvalue weighted by atomic mass is 19.3. The van der Waals surface area contributed by atoms with E-state index in [0.717, 1.165) is 25.8 Å². The fraction of sp³-hybridized carbons (Fsp3) is 0.533. The minimum atomic E-state index is -2.92. The van der Waals surface area contributed by atoms with E-state index in [-0.39, 0.29) is 23.1 Å². The first-order valence-electron chi connectivity index (χ1n) is 6.97. The number of hydrogen-bond acceptors (Lipinski definition) is 3. The van der Waals surface area contributed by atoms with Gasteiger partial charge in [-0.05, 0) is 31.5 Å². The van der Waals surface area contributed by atoms with Crippen LogP contribution >= 0.6 is 0 Å². The Hall–Kier alpha value is -1.49. The molecule has 2 rings (SSSR count). The number of carbonyl (C=O) groups is 1. The van der Waals surface area contributed by atoms with E-state index in [9.17, 15) is 13.6 Å². The quantitative estimate of drug-likeness (QED) is 0.842. The molecular formula is C15H19F2NO2. The molecule has 0 radical (unpaired) electrons. The van der Waals surface area contributed by atoms with Crippen molar-refractivity contribution < 1.29 is 18.3 Å². The van der Waals surface area contributed by atoms with Crippen molar-refractivity contribution in [2.75, 3.05) is 6.54 Å². The maximum absolute atomic E-state index is 12.3. The maximum Gasteiger partial charge on any atom is 0.387 e. The molecule has 1 unspecified atom stereocenters. The van der Waals surface area contributed by atoms with E-state index in [4.69, 9.17) is 0 Å². The maximum atomic E-state index is 12.3. The van der Waals surface area contributed by atoms with Crippen LogP contribution in [0.5, 0.6) is 5.75 Å². The van der Waals surface area contributed by atoms with Crippen molar-refractivity contribution in [1.82, 2.24) is 5.32 Å². The molecule has 0 spiro atoms. The summed E-state index contributed by atoms with van der Waals surface area (Å²) in [6.45, 7) is -2.01. The molecule has 1 fully saturated rings. The van der Waals surface area contributed by atoms with Gasteiger partial charge in [-0.25, -0.2) is 0 Å². The number of ketones is 1. The molecule has 0 bridgehead atoms. The number of carbonyl (C=O) groups excluding carboxylic acids is 1. The van der Waals surface area contributed by atoms with Crippen LogP contribution < -0.4 is 10.1 Å². The Morgan fingerprint density at radius 2 is 2.10 bits per heavy atom. The molecule has 1 N–H and O–H groups in total. The van der Waals surface area contributed by atoms with E-state index in [2.05, 4.69) is 10.1 Å². The van der Waals surface area contributed by atoms with Crippen molar-refractivity contribution in [3.05, 3.63) is 29.8 Å². The minimum Gasteiger partial charge on any atom is -0.434 e. The Morgan fingerprint density at radius 3 is 2.90 bits per heavy atom. The number of rotatable bonds is 5. The summed E-state index contributed by atoms with van der Waals surface area (Å²) in [7, 11) is 0. The molecule has 1 saturated heterocycles. The number of hydrogen-bond donors (Lipinski definition) is 1. The van der Waals surface area contributed by atoms with Crippen molar-refractivity contribution in [1.29, 1.82) is 0 Å². The van der Waals surface area contributed by atoms with Crippen molar-refractivity contribution in [3.8, 4) is 5.75 Å². The summed E-state index contributed by atoms with van der Waals surface area (Å²) >= 11 is 0. The summed E-state index contributed by atoms with van der Waals surface area (Å²) in [5.74, 6) is -0.193. The second-order valence-electron chi connectivity index (χ2n) is 5.00. The van der Waals surface area contributed by atoms with E-state index in [0.29, 0.717) is 6.42 Å². The minimum absolute atomic E-state index is 0.0406. The van der Waals surface area contributed by atoms with Crippen molar-refractivity contribution in [2.24, 2.45) is 0 Å². The molecular weight excluding hydrogens is 264 g/mol. The van der Waals surface area contributed by atoms with Crippen LogP contribution in [0.3, 0.4) is 0 Å². The average Bonchev–Trinajstić information content (AvgIpc) is 2.67. The lowest BCUT2D eigenvalue weighted by Crippen LogP contribution is -2.30. The zero-order valence-electron chi connectivity index (χ0n) is 11.3. The molecule has 1 aromatic carbocycles. The van der Waals surface area contributed by atoms with Crippen molar-refractivity contribution in [3.63, 3.8) is 0 Å². The number of ether oxygens (including phenoxy) is 1. The second-order valence-corrected chi connectivity index (χ2v) is 5.00. The number of nitrogens with one attached hydrogen (secondary N) is 1. The van der Waals surface area contributed by atoms with E-state index >= 15 is 0 Å². The van der Waals surface area contributed by atoms with Gasteiger partial charge in [0.25, 0.3) is 0 Å². The monoisotopic (exact) mass is 283 g/mol. The zero-order valence-corrected chi connectivity index (χ0v) is 11.3. The summed E-state index contributed by atoms with van der Waals surface area (Å²) < 4.78 is 29.1. The molecule has 0 amide bonds. The first-order valence-corrected chi connectivity index (χ1v) is 6.97. The van der Waals surface area contributed by atoms with E-state index < -0.39 is 6.61 Å². The van der Waals surface area contributed by atoms with Gasteiger partial charge in [0.2, 0.25) is 0 Å². The van der Waals surface area contributed by atoms with Crippen molar-refractivity contribution in [2.45, 2.75) is 44.8 Å². The predicted molar refractivity (Wildman–Crippen MR) is 72.3 cm³/mol. The molecule has 0 aromatic heterocycles. The predicted octanol–water partition coefficient (Wildman–Crippen LogP) is 3.39. The van der Waals surface area contributed by atoms with Crippen LogP contribution in [0.2, 0.25) is 0 Å². The van der Waals surface area contributed by atoms with E-state index in [1.807, 2.05) is 0 Å². The lowest BCUT2D eigenvalue weighted by atomic mass is 10.00. The number of para-hydroxylation sites is 1. The smallest absolute Gasteiger partial charge is 0.387 e. The third kappa shape index (κ3) is 4.27. The van der Waals surface area contributed by atoms with Gasteiger partial charge in [0.1, 0.15) is 5.75 Å². The summed E-state index contributed by atoms with van der Waals surface area (Å²) in [6.07, 6.45) is 4.66. The molecule has 20 heavy (non-hydrogen) atoms. The van der Waals surface area contributed by atoms with Gasteiger partial charge in [0, 0.05) is 12.5 Å². The first-order chi connectivity index (χ1) is 9.66. The summed E-state index contributed by atoms with van der Waals surface area (Å²) in [5.41, 5.74) is 0.235. The fourth-order valence-corrected chi connectivity index (χ4v) is 2.50. The van der Waals surface area contributed by atoms with Crippen LogP contribution in [0, 0.1) is 0 Å². The van der Waals surface area contributed by atoms with Gasteiger partial charge in [-0.3, -0.25) is 4.79 Å². The average molecular weight is 283 g/mol. The van der Waals surface area contributed by atoms with E-state index in [1.54, 1.807) is 12.1 Å². The Kier molecular flexibility index (Phi) is 5.47. The Labute approximate surface area is 117 Å². The number of alkyl halides is 2. The van der Waals surface area contributed by atoms with Crippen molar-refractivity contribution >= 4 is 5.78 Å². The van der Waals surface area contributed by atoms with Crippen LogP contribution in [-0.2, 0) is 0 Å². The topological polar surface area (TPSA) is 38.3 Å². The lowest BCUT2D eigenvalue weighted by Gasteiger charge is -2.16. The summed E-state index contributed by atoms with van der Waals surface area (Å²) in [6, 6.07) is 6.31. The SMILES string of the molecule is O=C(CC1CCCCCN1)c1ccccc1OC(F)F. The largest absolute Gasteiger partial charge is 0.434 e. The summed E-state index contributed by atoms with van der Waals surface area (Å²) in [5, 5.41) is 3.33. The van der Waals surface area contributed by atoms with Crippen LogP contribution in [0.25, 0.3) is 0 Å². The molecule has 1 atom stereocenters. The molecule has 3 nitrogen and oxygen atoms in total. The molecule has 0 aliphatic carbocycles. The fourth-order valence-electron chi connectivity index (χ4n) is 2.50. The molecule has 1 aliphatic rings. The molecule has 5 heteroatoms. The van der Waals surface area contributed by atoms with Crippen LogP contribution in [0.4, 0.5) is 8.78 Å². The van der Waals surface area contributed by atoms with Gasteiger partial charge < -0.3 is 10.1 Å². The van der Waals surface area contributed by atoms with Gasteiger partial charge in [0.15, 0.2) is 5.78 Å². The zero-order chi connectivity index (χ0) is 14.4. The van der Waals surface area contributed by atoms with Gasteiger partial charge in [0.05, 0.1) is 5.56 Å². The Bertz CT molecular complexity index is 443. The third-order valence-electron chi connectivity index (χ3n) is 3.50. The number of Topliss-reactive ketones (excluding diaryl/α,β-unsaturated/α-hetero) is 1. The van der Waals surface area contributed by atoms with Crippen LogP contribution in [0.1, 0.15) is 42.5 Å². The van der Waals surface area contributed by atoms with E-state index in [1.165, 1.54) is 18.6 Å². The molecule has 1 heterocycles. The van der Waals surface area contributed by atoms with Crippen LogP contribution in [0.15, 0.2) is 24.3 Å². The van der Waals surface area contributed by atoms with Gasteiger partial charge >= 0.3 is 6.61 Å². The highest BCUT2D eigenvalue weighted by Gasteiger charge is 2.20. The third-order valence-corrected chi connectivity index (χ3v) is 3.50. The molecule has 1 aliphatic heterocycles.